The molecule has 1 aliphatic heterocycles. The Kier molecular flexibility index (Phi) is 8.98. The van der Waals surface area contributed by atoms with E-state index in [1.54, 1.807) is 17.8 Å². The first-order valence-corrected chi connectivity index (χ1v) is 12.4. The van der Waals surface area contributed by atoms with Gasteiger partial charge in [-0.3, -0.25) is 14.5 Å². The second kappa shape index (κ2) is 11.9. The number of likely N-dealkylation sites (tertiary alicyclic amines) is 1. The average Bonchev–Trinajstić information content (AvgIpc) is 3.29. The van der Waals surface area contributed by atoms with Crippen LogP contribution in [-0.4, -0.2) is 47.9 Å². The lowest BCUT2D eigenvalue weighted by Gasteiger charge is -2.19. The predicted octanol–water partition coefficient (Wildman–Crippen LogP) is 3.76. The summed E-state index contributed by atoms with van der Waals surface area (Å²) in [6.07, 6.45) is 5.19. The standard InChI is InChI=1S/C25H33N3O2S/c1-19-6-5-7-22(16-19)24(29)27-23(12-15-31-2)25(30)26-17-20-8-10-21(11-9-20)18-28-13-3-4-14-28/h5-11,16,23H,3-4,12-15,17-18H2,1-2H3,(H,26,30)(H,27,29). The van der Waals surface area contributed by atoms with Crippen LogP contribution in [0.4, 0.5) is 0 Å². The van der Waals surface area contributed by atoms with Crippen molar-refractivity contribution in [3.63, 3.8) is 0 Å². The van der Waals surface area contributed by atoms with E-state index < -0.39 is 6.04 Å². The maximum absolute atomic E-state index is 12.8. The van der Waals surface area contributed by atoms with Gasteiger partial charge in [-0.1, -0.05) is 42.0 Å². The first-order valence-electron chi connectivity index (χ1n) is 11.0. The molecule has 1 atom stereocenters. The zero-order chi connectivity index (χ0) is 22.1. The molecule has 0 bridgehead atoms. The fourth-order valence-electron chi connectivity index (χ4n) is 3.81. The number of nitrogens with zero attached hydrogens (tertiary/aromatic N) is 1. The van der Waals surface area contributed by atoms with Crippen molar-refractivity contribution in [2.24, 2.45) is 0 Å². The fraction of sp³-hybridized carbons (Fsp3) is 0.440. The molecule has 31 heavy (non-hydrogen) atoms. The van der Waals surface area contributed by atoms with E-state index >= 15 is 0 Å². The molecule has 5 nitrogen and oxygen atoms in total. The molecule has 0 saturated carbocycles. The maximum Gasteiger partial charge on any atom is 0.251 e. The highest BCUT2D eigenvalue weighted by Crippen LogP contribution is 2.13. The van der Waals surface area contributed by atoms with Crippen molar-refractivity contribution in [2.75, 3.05) is 25.1 Å². The summed E-state index contributed by atoms with van der Waals surface area (Å²) in [7, 11) is 0. The minimum atomic E-state index is -0.546. The summed E-state index contributed by atoms with van der Waals surface area (Å²) in [5, 5.41) is 5.91. The number of rotatable bonds is 10. The van der Waals surface area contributed by atoms with Crippen LogP contribution in [0.5, 0.6) is 0 Å². The predicted molar refractivity (Wildman–Crippen MR) is 128 cm³/mol. The van der Waals surface area contributed by atoms with Crippen LogP contribution in [-0.2, 0) is 17.9 Å². The van der Waals surface area contributed by atoms with E-state index in [9.17, 15) is 9.59 Å². The van der Waals surface area contributed by atoms with Crippen LogP contribution in [0, 0.1) is 6.92 Å². The van der Waals surface area contributed by atoms with Crippen LogP contribution in [0.25, 0.3) is 0 Å². The number of carbonyl (C=O) groups excluding carboxylic acids is 2. The Balaban J connectivity index is 1.54. The van der Waals surface area contributed by atoms with Crippen LogP contribution in [0.2, 0.25) is 0 Å². The number of aryl methyl sites for hydroxylation is 1. The van der Waals surface area contributed by atoms with Gasteiger partial charge in [0.1, 0.15) is 6.04 Å². The lowest BCUT2D eigenvalue weighted by molar-refractivity contribution is -0.123. The van der Waals surface area contributed by atoms with E-state index in [1.807, 2.05) is 31.4 Å². The van der Waals surface area contributed by atoms with Gasteiger partial charge in [0.2, 0.25) is 5.91 Å². The van der Waals surface area contributed by atoms with Crippen molar-refractivity contribution >= 4 is 23.6 Å². The van der Waals surface area contributed by atoms with E-state index in [1.165, 1.54) is 31.5 Å². The molecule has 1 heterocycles. The monoisotopic (exact) mass is 439 g/mol. The van der Waals surface area contributed by atoms with E-state index in [4.69, 9.17) is 0 Å². The number of hydrogen-bond donors (Lipinski definition) is 2. The minimum absolute atomic E-state index is 0.142. The number of benzene rings is 2. The Morgan fingerprint density at radius 1 is 1.06 bits per heavy atom. The zero-order valence-electron chi connectivity index (χ0n) is 18.5. The Morgan fingerprint density at radius 3 is 2.45 bits per heavy atom. The molecular weight excluding hydrogens is 406 g/mol. The average molecular weight is 440 g/mol. The first kappa shape index (κ1) is 23.4. The summed E-state index contributed by atoms with van der Waals surface area (Å²) in [6.45, 7) is 5.77. The highest BCUT2D eigenvalue weighted by molar-refractivity contribution is 7.98. The normalized spacial score (nSPS) is 14.9. The zero-order valence-corrected chi connectivity index (χ0v) is 19.3. The third-order valence-electron chi connectivity index (χ3n) is 5.61. The van der Waals surface area contributed by atoms with Gasteiger partial charge in [-0.05, 0) is 74.5 Å². The van der Waals surface area contributed by atoms with Gasteiger partial charge in [0.25, 0.3) is 5.91 Å². The number of nitrogens with one attached hydrogen (secondary N) is 2. The van der Waals surface area contributed by atoms with E-state index in [0.29, 0.717) is 18.5 Å². The Hall–Kier alpha value is -2.31. The fourth-order valence-corrected chi connectivity index (χ4v) is 4.28. The first-order chi connectivity index (χ1) is 15.0. The van der Waals surface area contributed by atoms with Gasteiger partial charge in [0.15, 0.2) is 0 Å². The van der Waals surface area contributed by atoms with Crippen LogP contribution in [0.1, 0.15) is 46.3 Å². The molecule has 1 fully saturated rings. The Morgan fingerprint density at radius 2 is 1.77 bits per heavy atom. The largest absolute Gasteiger partial charge is 0.350 e. The van der Waals surface area contributed by atoms with E-state index in [0.717, 1.165) is 23.4 Å². The number of hydrogen-bond acceptors (Lipinski definition) is 4. The second-order valence-electron chi connectivity index (χ2n) is 8.19. The molecule has 0 radical (unpaired) electrons. The SMILES string of the molecule is CSCCC(NC(=O)c1cccc(C)c1)C(=O)NCc1ccc(CN2CCCC2)cc1. The molecule has 3 rings (SSSR count). The van der Waals surface area contributed by atoms with Crippen molar-refractivity contribution in [1.29, 1.82) is 0 Å². The third-order valence-corrected chi connectivity index (χ3v) is 6.25. The molecule has 2 amide bonds. The molecule has 2 aromatic rings. The van der Waals surface area contributed by atoms with Crippen molar-refractivity contribution in [3.8, 4) is 0 Å². The Labute approximate surface area is 190 Å². The quantitative estimate of drug-likeness (QED) is 0.592. The molecular formula is C25H33N3O2S. The van der Waals surface area contributed by atoms with Crippen molar-refractivity contribution < 1.29 is 9.59 Å². The molecule has 0 spiro atoms. The summed E-state index contributed by atoms with van der Waals surface area (Å²) >= 11 is 1.67. The molecule has 166 valence electrons. The van der Waals surface area contributed by atoms with Crippen LogP contribution >= 0.6 is 11.8 Å². The summed E-state index contributed by atoms with van der Waals surface area (Å²) in [5.74, 6) is 0.449. The highest BCUT2D eigenvalue weighted by Gasteiger charge is 2.21. The van der Waals surface area contributed by atoms with E-state index in [2.05, 4.69) is 39.8 Å². The van der Waals surface area contributed by atoms with Gasteiger partial charge in [-0.15, -0.1) is 0 Å². The molecule has 0 aromatic heterocycles. The van der Waals surface area contributed by atoms with Crippen LogP contribution in [0.3, 0.4) is 0 Å². The van der Waals surface area contributed by atoms with Gasteiger partial charge < -0.3 is 10.6 Å². The van der Waals surface area contributed by atoms with E-state index in [-0.39, 0.29) is 11.8 Å². The topological polar surface area (TPSA) is 61.4 Å². The summed E-state index contributed by atoms with van der Waals surface area (Å²) in [5.41, 5.74) is 3.97. The van der Waals surface area contributed by atoms with Gasteiger partial charge in [-0.25, -0.2) is 0 Å². The Bertz CT molecular complexity index is 863. The summed E-state index contributed by atoms with van der Waals surface area (Å²) in [4.78, 5) is 27.9. The van der Waals surface area contributed by atoms with Gasteiger partial charge in [-0.2, -0.15) is 11.8 Å². The third kappa shape index (κ3) is 7.40. The van der Waals surface area contributed by atoms with Gasteiger partial charge >= 0.3 is 0 Å². The summed E-state index contributed by atoms with van der Waals surface area (Å²) in [6, 6.07) is 15.3. The van der Waals surface area contributed by atoms with Crippen LogP contribution in [0.15, 0.2) is 48.5 Å². The lowest BCUT2D eigenvalue weighted by Crippen LogP contribution is -2.46. The highest BCUT2D eigenvalue weighted by atomic mass is 32.2. The van der Waals surface area contributed by atoms with Crippen molar-refractivity contribution in [2.45, 2.75) is 45.3 Å². The number of amides is 2. The molecule has 2 N–H and O–H groups in total. The number of thioether (sulfide) groups is 1. The molecule has 2 aromatic carbocycles. The molecule has 1 aliphatic rings. The number of carbonyl (C=O) groups is 2. The molecule has 0 aliphatic carbocycles. The van der Waals surface area contributed by atoms with Crippen molar-refractivity contribution in [3.05, 3.63) is 70.8 Å². The smallest absolute Gasteiger partial charge is 0.251 e. The molecule has 1 unspecified atom stereocenters. The van der Waals surface area contributed by atoms with Gasteiger partial charge in [0, 0.05) is 18.7 Å². The van der Waals surface area contributed by atoms with Crippen LogP contribution < -0.4 is 10.6 Å². The van der Waals surface area contributed by atoms with Gasteiger partial charge in [0.05, 0.1) is 0 Å². The maximum atomic E-state index is 12.8. The summed E-state index contributed by atoms with van der Waals surface area (Å²) < 4.78 is 0. The van der Waals surface area contributed by atoms with Crippen molar-refractivity contribution in [1.82, 2.24) is 15.5 Å². The second-order valence-corrected chi connectivity index (χ2v) is 9.18. The molecule has 1 saturated heterocycles. The minimum Gasteiger partial charge on any atom is -0.350 e. The lowest BCUT2D eigenvalue weighted by atomic mass is 10.1. The molecule has 6 heteroatoms.